The summed E-state index contributed by atoms with van der Waals surface area (Å²) in [5.74, 6) is 0.266. The van der Waals surface area contributed by atoms with Crippen LogP contribution < -0.4 is 4.72 Å². The largest absolute Gasteiger partial charge is 0.339 e. The van der Waals surface area contributed by atoms with E-state index in [9.17, 15) is 13.2 Å². The van der Waals surface area contributed by atoms with Gasteiger partial charge in [-0.25, -0.2) is 13.1 Å². The van der Waals surface area contributed by atoms with Crippen molar-refractivity contribution in [2.75, 3.05) is 13.1 Å². The smallest absolute Gasteiger partial charge is 0.223 e. The van der Waals surface area contributed by atoms with Gasteiger partial charge < -0.3 is 4.90 Å². The van der Waals surface area contributed by atoms with Crippen LogP contribution in [0.2, 0.25) is 0 Å². The lowest BCUT2D eigenvalue weighted by molar-refractivity contribution is -0.129. The van der Waals surface area contributed by atoms with Crippen molar-refractivity contribution in [3.05, 3.63) is 35.4 Å². The molecule has 0 spiro atoms. The average molecular weight is 350 g/mol. The highest BCUT2D eigenvalue weighted by molar-refractivity contribution is 7.88. The molecule has 5 nitrogen and oxygen atoms in total. The summed E-state index contributed by atoms with van der Waals surface area (Å²) >= 11 is 0. The maximum absolute atomic E-state index is 12.3. The zero-order valence-electron chi connectivity index (χ0n) is 14.2. The van der Waals surface area contributed by atoms with Crippen LogP contribution in [0.3, 0.4) is 0 Å². The highest BCUT2D eigenvalue weighted by atomic mass is 32.2. The van der Waals surface area contributed by atoms with Crippen molar-refractivity contribution in [3.63, 3.8) is 0 Å². The molecule has 132 valence electrons. The van der Waals surface area contributed by atoms with Crippen molar-refractivity contribution in [2.24, 2.45) is 5.92 Å². The molecule has 1 saturated heterocycles. The average Bonchev–Trinajstić information content (AvgIpc) is 3.17. The first-order chi connectivity index (χ1) is 11.4. The number of amides is 1. The molecule has 2 aliphatic rings. The van der Waals surface area contributed by atoms with Gasteiger partial charge in [-0.2, -0.15) is 0 Å². The second-order valence-corrected chi connectivity index (χ2v) is 8.90. The predicted octanol–water partition coefficient (Wildman–Crippen LogP) is 2.21. The van der Waals surface area contributed by atoms with Crippen LogP contribution in [0.25, 0.3) is 0 Å². The van der Waals surface area contributed by atoms with E-state index in [1.54, 1.807) is 0 Å². The van der Waals surface area contributed by atoms with Crippen LogP contribution in [0.5, 0.6) is 0 Å². The van der Waals surface area contributed by atoms with E-state index >= 15 is 0 Å². The third-order valence-electron chi connectivity index (χ3n) is 5.20. The van der Waals surface area contributed by atoms with Gasteiger partial charge in [0.2, 0.25) is 15.9 Å². The van der Waals surface area contributed by atoms with E-state index in [1.807, 2.05) is 36.1 Å². The first-order valence-corrected chi connectivity index (χ1v) is 10.4. The summed E-state index contributed by atoms with van der Waals surface area (Å²) in [6.07, 6.45) is 5.04. The Morgan fingerprint density at radius 3 is 2.62 bits per heavy atom. The minimum atomic E-state index is -3.38. The van der Waals surface area contributed by atoms with Gasteiger partial charge >= 0.3 is 0 Å². The Bertz CT molecular complexity index is 696. The van der Waals surface area contributed by atoms with E-state index in [2.05, 4.69) is 4.72 Å². The molecular formula is C18H26N2O3S. The lowest BCUT2D eigenvalue weighted by atomic mass is 10.1. The van der Waals surface area contributed by atoms with Gasteiger partial charge in [0.05, 0.1) is 5.75 Å². The summed E-state index contributed by atoms with van der Waals surface area (Å²) in [4.78, 5) is 14.2. The fourth-order valence-electron chi connectivity index (χ4n) is 3.79. The lowest BCUT2D eigenvalue weighted by Gasteiger charge is -2.24. The molecule has 1 amide bonds. The fraction of sp³-hybridized carbons (Fsp3) is 0.611. The molecule has 1 heterocycles. The van der Waals surface area contributed by atoms with Gasteiger partial charge in [0, 0.05) is 25.6 Å². The van der Waals surface area contributed by atoms with Gasteiger partial charge in [-0.1, -0.05) is 37.1 Å². The van der Waals surface area contributed by atoms with Gasteiger partial charge in [-0.05, 0) is 36.8 Å². The van der Waals surface area contributed by atoms with Crippen LogP contribution >= 0.6 is 0 Å². The quantitative estimate of drug-likeness (QED) is 0.855. The van der Waals surface area contributed by atoms with Crippen LogP contribution in [-0.4, -0.2) is 38.4 Å². The van der Waals surface area contributed by atoms with Crippen LogP contribution in [0.15, 0.2) is 24.3 Å². The normalized spacial score (nSPS) is 22.5. The summed E-state index contributed by atoms with van der Waals surface area (Å²) in [7, 11) is -3.38. The topological polar surface area (TPSA) is 66.5 Å². The number of carbonyl (C=O) groups excluding carboxylic acids is 1. The minimum Gasteiger partial charge on any atom is -0.339 e. The Labute approximate surface area is 144 Å². The number of likely N-dealkylation sites (tertiary alicyclic amines) is 1. The molecule has 1 aromatic carbocycles. The number of carbonyl (C=O) groups is 1. The van der Waals surface area contributed by atoms with E-state index in [0.717, 1.165) is 24.0 Å². The molecule has 0 radical (unpaired) electrons. The standard InChI is InChI=1S/C18H26N2O3S/c1-14-6-2-3-7-16(14)13-24(22,23)19-11-15-10-18(21)20(12-15)17-8-4-5-9-17/h2-3,6-7,15,17,19H,4-5,8-13H2,1H3. The van der Waals surface area contributed by atoms with E-state index in [4.69, 9.17) is 0 Å². The molecule has 0 bridgehead atoms. The van der Waals surface area contributed by atoms with Gasteiger partial charge in [0.15, 0.2) is 0 Å². The summed E-state index contributed by atoms with van der Waals surface area (Å²) in [6, 6.07) is 7.90. The first-order valence-electron chi connectivity index (χ1n) is 8.76. The Morgan fingerprint density at radius 1 is 1.21 bits per heavy atom. The number of rotatable bonds is 6. The van der Waals surface area contributed by atoms with Crippen molar-refractivity contribution in [1.82, 2.24) is 9.62 Å². The number of nitrogens with one attached hydrogen (secondary N) is 1. The number of aryl methyl sites for hydroxylation is 1. The Hall–Kier alpha value is -1.40. The van der Waals surface area contributed by atoms with Crippen molar-refractivity contribution in [3.8, 4) is 0 Å². The summed E-state index contributed by atoms with van der Waals surface area (Å²) in [6.45, 7) is 2.96. The zero-order chi connectivity index (χ0) is 17.2. The van der Waals surface area contributed by atoms with Crippen LogP contribution in [0.1, 0.15) is 43.2 Å². The van der Waals surface area contributed by atoms with Crippen molar-refractivity contribution >= 4 is 15.9 Å². The summed E-state index contributed by atoms with van der Waals surface area (Å²) in [5.41, 5.74) is 1.80. The molecule has 2 fully saturated rings. The highest BCUT2D eigenvalue weighted by Gasteiger charge is 2.35. The monoisotopic (exact) mass is 350 g/mol. The van der Waals surface area contributed by atoms with Gasteiger partial charge in [0.25, 0.3) is 0 Å². The SMILES string of the molecule is Cc1ccccc1CS(=O)(=O)NCC1CC(=O)N(C2CCCC2)C1. The Kier molecular flexibility index (Phi) is 5.25. The van der Waals surface area contributed by atoms with Crippen LogP contribution in [0.4, 0.5) is 0 Å². The Morgan fingerprint density at radius 2 is 1.92 bits per heavy atom. The molecule has 1 aliphatic carbocycles. The number of hydrogen-bond acceptors (Lipinski definition) is 3. The van der Waals surface area contributed by atoms with Crippen molar-refractivity contribution in [1.29, 1.82) is 0 Å². The maximum Gasteiger partial charge on any atom is 0.223 e. The summed E-state index contributed by atoms with van der Waals surface area (Å²) < 4.78 is 27.3. The fourth-order valence-corrected chi connectivity index (χ4v) is 5.11. The van der Waals surface area contributed by atoms with Gasteiger partial charge in [-0.15, -0.1) is 0 Å². The second kappa shape index (κ2) is 7.23. The molecule has 6 heteroatoms. The lowest BCUT2D eigenvalue weighted by Crippen LogP contribution is -2.36. The number of sulfonamides is 1. The van der Waals surface area contributed by atoms with Crippen LogP contribution in [-0.2, 0) is 20.6 Å². The molecule has 1 saturated carbocycles. The zero-order valence-corrected chi connectivity index (χ0v) is 15.0. The number of benzene rings is 1. The molecule has 1 aliphatic heterocycles. The van der Waals surface area contributed by atoms with Crippen molar-refractivity contribution < 1.29 is 13.2 Å². The maximum atomic E-state index is 12.3. The molecule has 1 atom stereocenters. The number of hydrogen-bond donors (Lipinski definition) is 1. The number of nitrogens with zero attached hydrogens (tertiary/aromatic N) is 1. The predicted molar refractivity (Wildman–Crippen MR) is 93.9 cm³/mol. The minimum absolute atomic E-state index is 0.00726. The molecule has 24 heavy (non-hydrogen) atoms. The van der Waals surface area contributed by atoms with Crippen LogP contribution in [0, 0.1) is 12.8 Å². The van der Waals surface area contributed by atoms with E-state index in [1.165, 1.54) is 12.8 Å². The second-order valence-electron chi connectivity index (χ2n) is 7.09. The Balaban J connectivity index is 1.53. The molecule has 1 N–H and O–H groups in total. The third kappa shape index (κ3) is 4.16. The highest BCUT2D eigenvalue weighted by Crippen LogP contribution is 2.29. The van der Waals surface area contributed by atoms with E-state index < -0.39 is 10.0 Å². The summed E-state index contributed by atoms with van der Waals surface area (Å²) in [5, 5.41) is 0. The molecule has 3 rings (SSSR count). The molecular weight excluding hydrogens is 324 g/mol. The molecule has 1 unspecified atom stereocenters. The van der Waals surface area contributed by atoms with Gasteiger partial charge in [-0.3, -0.25) is 4.79 Å². The van der Waals surface area contributed by atoms with Crippen molar-refractivity contribution in [2.45, 2.75) is 50.8 Å². The third-order valence-corrected chi connectivity index (χ3v) is 6.50. The van der Waals surface area contributed by atoms with E-state index in [-0.39, 0.29) is 17.6 Å². The molecule has 1 aromatic rings. The first kappa shape index (κ1) is 17.4. The van der Waals surface area contributed by atoms with E-state index in [0.29, 0.717) is 25.6 Å². The molecule has 0 aromatic heterocycles. The van der Waals surface area contributed by atoms with Gasteiger partial charge in [0.1, 0.15) is 0 Å².